The quantitative estimate of drug-likeness (QED) is 0.801. The number of pyridine rings is 1. The first-order valence-corrected chi connectivity index (χ1v) is 4.97. The first-order valence-electron chi connectivity index (χ1n) is 4.97. The average Bonchev–Trinajstić information content (AvgIpc) is 2.30. The van der Waals surface area contributed by atoms with Gasteiger partial charge in [-0.15, -0.1) is 0 Å². The van der Waals surface area contributed by atoms with Crippen molar-refractivity contribution in [2.45, 2.75) is 6.92 Å². The molecule has 1 N–H and O–H groups in total. The molecule has 0 unspecified atom stereocenters. The summed E-state index contributed by atoms with van der Waals surface area (Å²) in [6, 6.07) is 4.83. The largest absolute Gasteiger partial charge is 0.370 e. The zero-order valence-corrected chi connectivity index (χ0v) is 8.81. The number of halogens is 1. The van der Waals surface area contributed by atoms with Gasteiger partial charge in [0.15, 0.2) is 0 Å². The minimum Gasteiger partial charge on any atom is -0.370 e. The smallest absolute Gasteiger partial charge is 0.213 e. The van der Waals surface area contributed by atoms with E-state index in [0.29, 0.717) is 11.3 Å². The van der Waals surface area contributed by atoms with Crippen molar-refractivity contribution in [3.63, 3.8) is 0 Å². The molecular weight excluding hydrogens is 207 g/mol. The topological polar surface area (TPSA) is 50.7 Å². The fourth-order valence-corrected chi connectivity index (χ4v) is 1.35. The summed E-state index contributed by atoms with van der Waals surface area (Å²) in [6.07, 6.45) is 2.87. The van der Waals surface area contributed by atoms with Gasteiger partial charge in [0.1, 0.15) is 12.1 Å². The van der Waals surface area contributed by atoms with Crippen LogP contribution in [0.2, 0.25) is 0 Å². The van der Waals surface area contributed by atoms with Gasteiger partial charge < -0.3 is 5.32 Å². The van der Waals surface area contributed by atoms with Gasteiger partial charge in [-0.05, 0) is 13.0 Å². The third-order valence-electron chi connectivity index (χ3n) is 2.05. The van der Waals surface area contributed by atoms with Gasteiger partial charge in [-0.1, -0.05) is 0 Å². The molecule has 0 saturated heterocycles. The SMILES string of the molecule is CCNc1cc(-c2ccnc(F)c2)ncn1. The molecule has 4 nitrogen and oxygen atoms in total. The summed E-state index contributed by atoms with van der Waals surface area (Å²) in [7, 11) is 0. The minimum atomic E-state index is -0.513. The van der Waals surface area contributed by atoms with Crippen LogP contribution in [0.5, 0.6) is 0 Å². The summed E-state index contributed by atoms with van der Waals surface area (Å²) in [4.78, 5) is 11.6. The molecule has 0 aliphatic rings. The van der Waals surface area contributed by atoms with Crippen molar-refractivity contribution in [3.05, 3.63) is 36.7 Å². The molecule has 0 amide bonds. The van der Waals surface area contributed by atoms with Gasteiger partial charge in [0.05, 0.1) is 5.69 Å². The monoisotopic (exact) mass is 218 g/mol. The third kappa shape index (κ3) is 2.31. The van der Waals surface area contributed by atoms with Crippen LogP contribution < -0.4 is 5.32 Å². The van der Waals surface area contributed by atoms with Crippen LogP contribution in [0, 0.1) is 5.95 Å². The Hall–Kier alpha value is -2.04. The molecule has 2 aromatic heterocycles. The van der Waals surface area contributed by atoms with E-state index in [4.69, 9.17) is 0 Å². The van der Waals surface area contributed by atoms with E-state index in [1.54, 1.807) is 12.1 Å². The molecule has 0 bridgehead atoms. The molecule has 82 valence electrons. The van der Waals surface area contributed by atoms with Crippen LogP contribution in [0.15, 0.2) is 30.7 Å². The molecule has 0 aliphatic heterocycles. The van der Waals surface area contributed by atoms with Gasteiger partial charge in [0.25, 0.3) is 0 Å². The number of aromatic nitrogens is 3. The third-order valence-corrected chi connectivity index (χ3v) is 2.05. The second-order valence-corrected chi connectivity index (χ2v) is 3.19. The summed E-state index contributed by atoms with van der Waals surface area (Å²) in [5.74, 6) is 0.214. The predicted molar refractivity (Wildman–Crippen MR) is 59.4 cm³/mol. The predicted octanol–water partition coefficient (Wildman–Crippen LogP) is 2.11. The van der Waals surface area contributed by atoms with Gasteiger partial charge in [0.2, 0.25) is 5.95 Å². The van der Waals surface area contributed by atoms with Crippen LogP contribution in [-0.2, 0) is 0 Å². The summed E-state index contributed by atoms with van der Waals surface area (Å²) < 4.78 is 12.9. The molecule has 2 heterocycles. The van der Waals surface area contributed by atoms with Crippen molar-refractivity contribution in [2.75, 3.05) is 11.9 Å². The van der Waals surface area contributed by atoms with Crippen LogP contribution in [0.1, 0.15) is 6.92 Å². The van der Waals surface area contributed by atoms with Crippen LogP contribution in [0.4, 0.5) is 10.2 Å². The fraction of sp³-hybridized carbons (Fsp3) is 0.182. The van der Waals surface area contributed by atoms with E-state index in [2.05, 4.69) is 20.3 Å². The standard InChI is InChI=1S/C11H11FN4/c1-2-13-11-6-9(15-7-16-11)8-3-4-14-10(12)5-8/h3-7H,2H2,1H3,(H,13,15,16). The van der Waals surface area contributed by atoms with Crippen molar-refractivity contribution in [1.82, 2.24) is 15.0 Å². The van der Waals surface area contributed by atoms with Crippen molar-refractivity contribution in [1.29, 1.82) is 0 Å². The van der Waals surface area contributed by atoms with E-state index < -0.39 is 5.95 Å². The maximum Gasteiger partial charge on any atom is 0.213 e. The number of nitrogens with one attached hydrogen (secondary N) is 1. The van der Waals surface area contributed by atoms with Crippen LogP contribution in [-0.4, -0.2) is 21.5 Å². The van der Waals surface area contributed by atoms with Crippen molar-refractivity contribution >= 4 is 5.82 Å². The summed E-state index contributed by atoms with van der Waals surface area (Å²) >= 11 is 0. The Kier molecular flexibility index (Phi) is 3.05. The average molecular weight is 218 g/mol. The van der Waals surface area contributed by atoms with Crippen LogP contribution >= 0.6 is 0 Å². The van der Waals surface area contributed by atoms with E-state index in [0.717, 1.165) is 12.4 Å². The Balaban J connectivity index is 2.36. The van der Waals surface area contributed by atoms with E-state index in [9.17, 15) is 4.39 Å². The molecule has 0 aromatic carbocycles. The first-order chi connectivity index (χ1) is 7.79. The normalized spacial score (nSPS) is 10.1. The summed E-state index contributed by atoms with van der Waals surface area (Å²) in [6.45, 7) is 2.76. The highest BCUT2D eigenvalue weighted by atomic mass is 19.1. The maximum atomic E-state index is 12.9. The second kappa shape index (κ2) is 4.65. The lowest BCUT2D eigenvalue weighted by Gasteiger charge is -2.04. The molecule has 16 heavy (non-hydrogen) atoms. The maximum absolute atomic E-state index is 12.9. The van der Waals surface area contributed by atoms with E-state index in [1.807, 2.05) is 6.92 Å². The van der Waals surface area contributed by atoms with E-state index in [-0.39, 0.29) is 0 Å². The summed E-state index contributed by atoms with van der Waals surface area (Å²) in [5.41, 5.74) is 1.36. The molecule has 0 radical (unpaired) electrons. The lowest BCUT2D eigenvalue weighted by Crippen LogP contribution is -2.00. The molecule has 5 heteroatoms. The van der Waals surface area contributed by atoms with Gasteiger partial charge >= 0.3 is 0 Å². The highest BCUT2D eigenvalue weighted by Gasteiger charge is 2.02. The molecule has 2 aromatic rings. The highest BCUT2D eigenvalue weighted by Crippen LogP contribution is 2.18. The Morgan fingerprint density at radius 3 is 2.88 bits per heavy atom. The molecule has 0 saturated carbocycles. The number of nitrogens with zero attached hydrogens (tertiary/aromatic N) is 3. The molecular formula is C11H11FN4. The fourth-order valence-electron chi connectivity index (χ4n) is 1.35. The van der Waals surface area contributed by atoms with Crippen LogP contribution in [0.25, 0.3) is 11.3 Å². The van der Waals surface area contributed by atoms with E-state index in [1.165, 1.54) is 18.6 Å². The Morgan fingerprint density at radius 2 is 2.12 bits per heavy atom. The Bertz CT molecular complexity index is 487. The number of hydrogen-bond acceptors (Lipinski definition) is 4. The van der Waals surface area contributed by atoms with Crippen molar-refractivity contribution in [3.8, 4) is 11.3 Å². The first kappa shape index (κ1) is 10.5. The summed E-state index contributed by atoms with van der Waals surface area (Å²) in [5, 5.41) is 3.07. The highest BCUT2D eigenvalue weighted by molar-refractivity contribution is 5.61. The molecule has 2 rings (SSSR count). The lowest BCUT2D eigenvalue weighted by atomic mass is 10.2. The Labute approximate surface area is 92.6 Å². The Morgan fingerprint density at radius 1 is 1.25 bits per heavy atom. The zero-order valence-electron chi connectivity index (χ0n) is 8.81. The van der Waals surface area contributed by atoms with Crippen molar-refractivity contribution in [2.24, 2.45) is 0 Å². The lowest BCUT2D eigenvalue weighted by molar-refractivity contribution is 0.584. The second-order valence-electron chi connectivity index (χ2n) is 3.19. The number of anilines is 1. The zero-order chi connectivity index (χ0) is 11.4. The van der Waals surface area contributed by atoms with Crippen LogP contribution in [0.3, 0.4) is 0 Å². The van der Waals surface area contributed by atoms with E-state index >= 15 is 0 Å². The van der Waals surface area contributed by atoms with Gasteiger partial charge in [-0.3, -0.25) is 0 Å². The van der Waals surface area contributed by atoms with Crippen molar-refractivity contribution < 1.29 is 4.39 Å². The minimum absolute atomic E-state index is 0.513. The molecule has 0 aliphatic carbocycles. The molecule has 0 atom stereocenters. The number of rotatable bonds is 3. The molecule has 0 fully saturated rings. The van der Waals surface area contributed by atoms with Gasteiger partial charge in [-0.25, -0.2) is 15.0 Å². The van der Waals surface area contributed by atoms with Gasteiger partial charge in [-0.2, -0.15) is 4.39 Å². The van der Waals surface area contributed by atoms with Gasteiger partial charge in [0, 0.05) is 30.4 Å². The molecule has 0 spiro atoms. The number of hydrogen-bond donors (Lipinski definition) is 1.